The number of methoxy groups -OCH3 is 1. The molecule has 0 unspecified atom stereocenters. The predicted molar refractivity (Wildman–Crippen MR) is 146 cm³/mol. The Morgan fingerprint density at radius 1 is 1.06 bits per heavy atom. The first-order chi connectivity index (χ1) is 17.5. The van der Waals surface area contributed by atoms with Crippen LogP contribution in [0.3, 0.4) is 0 Å². The number of allylic oxidation sites excluding steroid dienone is 1. The Morgan fingerprint density at radius 2 is 1.81 bits per heavy atom. The van der Waals surface area contributed by atoms with Gasteiger partial charge in [-0.05, 0) is 79.8 Å². The van der Waals surface area contributed by atoms with Crippen LogP contribution in [0.4, 0.5) is 11.5 Å². The van der Waals surface area contributed by atoms with Crippen molar-refractivity contribution in [2.24, 2.45) is 0 Å². The van der Waals surface area contributed by atoms with Crippen LogP contribution in [0.15, 0.2) is 73.3 Å². The van der Waals surface area contributed by atoms with Crippen molar-refractivity contribution in [3.8, 4) is 16.5 Å². The van der Waals surface area contributed by atoms with Gasteiger partial charge in [0.25, 0.3) is 0 Å². The molecule has 4 aromatic rings. The number of aromatic carboxylic acids is 1. The van der Waals surface area contributed by atoms with Crippen molar-refractivity contribution in [2.75, 3.05) is 12.4 Å². The number of ether oxygens (including phenoxy) is 1. The molecule has 4 rings (SSSR count). The maximum Gasteiger partial charge on any atom is 0.335 e. The zero-order valence-electron chi connectivity index (χ0n) is 20.5. The van der Waals surface area contributed by atoms with Crippen LogP contribution < -0.4 is 10.1 Å². The van der Waals surface area contributed by atoms with Gasteiger partial charge in [0.1, 0.15) is 11.6 Å². The summed E-state index contributed by atoms with van der Waals surface area (Å²) in [5.74, 6) is 1.31. The molecule has 184 valence electrons. The minimum absolute atomic E-state index is 0.241. The highest BCUT2D eigenvalue weighted by Crippen LogP contribution is 2.31. The largest absolute Gasteiger partial charge is 0.497 e. The van der Waals surface area contributed by atoms with Crippen LogP contribution in [0.2, 0.25) is 0 Å². The van der Waals surface area contributed by atoms with E-state index in [0.29, 0.717) is 18.1 Å². The molecule has 2 aromatic heterocycles. The fraction of sp³-hybridized carbons (Fsp3) is 0.207. The molecule has 36 heavy (non-hydrogen) atoms. The first-order valence-corrected chi connectivity index (χ1v) is 12.7. The van der Waals surface area contributed by atoms with Crippen LogP contribution in [-0.4, -0.2) is 28.2 Å². The molecule has 0 atom stereocenters. The number of rotatable bonds is 11. The Morgan fingerprint density at radius 3 is 2.44 bits per heavy atom. The molecule has 0 saturated heterocycles. The van der Waals surface area contributed by atoms with Crippen molar-refractivity contribution in [2.45, 2.75) is 32.6 Å². The van der Waals surface area contributed by atoms with E-state index >= 15 is 0 Å². The van der Waals surface area contributed by atoms with Gasteiger partial charge in [0.15, 0.2) is 5.82 Å². The maximum atomic E-state index is 11.2. The summed E-state index contributed by atoms with van der Waals surface area (Å²) in [5.41, 5.74) is 4.24. The summed E-state index contributed by atoms with van der Waals surface area (Å²) in [6, 6.07) is 19.1. The minimum atomic E-state index is -0.952. The van der Waals surface area contributed by atoms with Crippen molar-refractivity contribution in [1.82, 2.24) is 9.97 Å². The highest BCUT2D eigenvalue weighted by molar-refractivity contribution is 7.15. The Kier molecular flexibility index (Phi) is 8.13. The lowest BCUT2D eigenvalue weighted by molar-refractivity contribution is 0.0697. The summed E-state index contributed by atoms with van der Waals surface area (Å²) < 4.78 is 5.24. The third-order valence-corrected chi connectivity index (χ3v) is 7.01. The number of anilines is 2. The van der Waals surface area contributed by atoms with Gasteiger partial charge in [0.05, 0.1) is 17.6 Å². The van der Waals surface area contributed by atoms with E-state index in [1.54, 1.807) is 42.7 Å². The van der Waals surface area contributed by atoms with Crippen LogP contribution in [0.25, 0.3) is 10.7 Å². The van der Waals surface area contributed by atoms with Gasteiger partial charge in [-0.3, -0.25) is 0 Å². The molecule has 0 fully saturated rings. The number of nitrogens with zero attached hydrogens (tertiary/aromatic N) is 2. The molecule has 0 aliphatic heterocycles. The summed E-state index contributed by atoms with van der Waals surface area (Å²) in [6.45, 7) is 5.98. The topological polar surface area (TPSA) is 84.3 Å². The molecule has 0 spiro atoms. The minimum Gasteiger partial charge on any atom is -0.497 e. The molecule has 6 nitrogen and oxygen atoms in total. The Hall–Kier alpha value is -3.97. The molecule has 0 bridgehead atoms. The Labute approximate surface area is 215 Å². The molecule has 0 aliphatic rings. The number of aromatic nitrogens is 2. The number of aryl methyl sites for hydroxylation is 3. The highest BCUT2D eigenvalue weighted by atomic mass is 32.1. The molecule has 0 amide bonds. The second-order valence-electron chi connectivity index (χ2n) is 8.29. The second-order valence-corrected chi connectivity index (χ2v) is 9.46. The standard InChI is InChI=1S/C29H29N3O3S/c1-4-6-24-25(5-2)31-28(32-27(24)30-21-12-10-20(11-13-21)29(33)34)26-18-17-23(36-26)16-9-19-7-14-22(35-3)15-8-19/h4,7-8,10-15,17-18H,1,5-6,9,16H2,2-3H3,(H,33,34)(H,30,31,32). The van der Waals surface area contributed by atoms with E-state index in [0.717, 1.165) is 46.8 Å². The van der Waals surface area contributed by atoms with E-state index in [4.69, 9.17) is 14.7 Å². The molecule has 0 radical (unpaired) electrons. The van der Waals surface area contributed by atoms with E-state index < -0.39 is 5.97 Å². The molecule has 0 aliphatic carbocycles. The average molecular weight is 500 g/mol. The third-order valence-electron chi connectivity index (χ3n) is 5.87. The van der Waals surface area contributed by atoms with E-state index in [-0.39, 0.29) is 5.56 Å². The van der Waals surface area contributed by atoms with Gasteiger partial charge < -0.3 is 15.2 Å². The van der Waals surface area contributed by atoms with Crippen molar-refractivity contribution in [3.63, 3.8) is 0 Å². The van der Waals surface area contributed by atoms with Gasteiger partial charge in [-0.25, -0.2) is 14.8 Å². The van der Waals surface area contributed by atoms with Gasteiger partial charge >= 0.3 is 5.97 Å². The molecule has 2 aromatic carbocycles. The number of thiophene rings is 1. The molecular weight excluding hydrogens is 470 g/mol. The van der Waals surface area contributed by atoms with Crippen molar-refractivity contribution in [3.05, 3.63) is 101 Å². The molecule has 2 heterocycles. The normalized spacial score (nSPS) is 10.7. The van der Waals surface area contributed by atoms with Gasteiger partial charge in [0, 0.05) is 21.8 Å². The van der Waals surface area contributed by atoms with Crippen LogP contribution in [0.1, 0.15) is 39.0 Å². The second kappa shape index (κ2) is 11.6. The van der Waals surface area contributed by atoms with Crippen LogP contribution in [0.5, 0.6) is 5.75 Å². The number of carboxylic acid groups (broad SMARTS) is 1. The monoisotopic (exact) mass is 499 g/mol. The van der Waals surface area contributed by atoms with E-state index in [9.17, 15) is 9.90 Å². The first-order valence-electron chi connectivity index (χ1n) is 11.8. The van der Waals surface area contributed by atoms with Crippen molar-refractivity contribution >= 4 is 28.8 Å². The lowest BCUT2D eigenvalue weighted by atomic mass is 10.1. The van der Waals surface area contributed by atoms with Gasteiger partial charge in [-0.1, -0.05) is 25.1 Å². The van der Waals surface area contributed by atoms with E-state index in [1.165, 1.54) is 10.4 Å². The zero-order chi connectivity index (χ0) is 25.5. The maximum absolute atomic E-state index is 11.2. The fourth-order valence-corrected chi connectivity index (χ4v) is 4.86. The number of benzene rings is 2. The van der Waals surface area contributed by atoms with Gasteiger partial charge in [-0.2, -0.15) is 0 Å². The van der Waals surface area contributed by atoms with E-state index in [1.807, 2.05) is 18.2 Å². The quantitative estimate of drug-likeness (QED) is 0.223. The Balaban J connectivity index is 1.58. The van der Waals surface area contributed by atoms with Gasteiger partial charge in [-0.15, -0.1) is 17.9 Å². The summed E-state index contributed by atoms with van der Waals surface area (Å²) in [5, 5.41) is 12.6. The van der Waals surface area contributed by atoms with Gasteiger partial charge in [0.2, 0.25) is 0 Å². The van der Waals surface area contributed by atoms with E-state index in [2.05, 4.69) is 43.1 Å². The molecule has 0 saturated carbocycles. The lowest BCUT2D eigenvalue weighted by Crippen LogP contribution is -2.07. The number of nitrogens with one attached hydrogen (secondary N) is 1. The van der Waals surface area contributed by atoms with Crippen LogP contribution in [0, 0.1) is 0 Å². The molecular formula is C29H29N3O3S. The SMILES string of the molecule is C=CCc1c(CC)nc(-c2ccc(CCc3ccc(OC)cc3)s2)nc1Nc1ccc(C(=O)O)cc1. The summed E-state index contributed by atoms with van der Waals surface area (Å²) >= 11 is 1.71. The zero-order valence-corrected chi connectivity index (χ0v) is 21.3. The highest BCUT2D eigenvalue weighted by Gasteiger charge is 2.16. The number of carboxylic acids is 1. The van der Waals surface area contributed by atoms with Crippen LogP contribution >= 0.6 is 11.3 Å². The predicted octanol–water partition coefficient (Wildman–Crippen LogP) is 6.73. The smallest absolute Gasteiger partial charge is 0.335 e. The number of hydrogen-bond acceptors (Lipinski definition) is 6. The van der Waals surface area contributed by atoms with Crippen LogP contribution in [-0.2, 0) is 25.7 Å². The summed E-state index contributed by atoms with van der Waals surface area (Å²) in [6.07, 6.45) is 5.13. The van der Waals surface area contributed by atoms with Crippen molar-refractivity contribution < 1.29 is 14.6 Å². The molecule has 2 N–H and O–H groups in total. The summed E-state index contributed by atoms with van der Waals surface area (Å²) in [4.78, 5) is 23.3. The van der Waals surface area contributed by atoms with Crippen molar-refractivity contribution in [1.29, 1.82) is 0 Å². The molecule has 7 heteroatoms. The number of carbonyl (C=O) groups is 1. The Bertz CT molecular complexity index is 1350. The fourth-order valence-electron chi connectivity index (χ4n) is 3.92. The lowest BCUT2D eigenvalue weighted by Gasteiger charge is -2.15. The average Bonchev–Trinajstić information content (AvgIpc) is 3.38. The number of hydrogen-bond donors (Lipinski definition) is 2. The first kappa shape index (κ1) is 25.1. The third kappa shape index (κ3) is 5.98. The summed E-state index contributed by atoms with van der Waals surface area (Å²) in [7, 11) is 1.67.